The topological polar surface area (TPSA) is 75.7 Å². The van der Waals surface area contributed by atoms with Gasteiger partial charge < -0.3 is 25.0 Å². The molecule has 0 fully saturated rings. The van der Waals surface area contributed by atoms with Gasteiger partial charge in [0.1, 0.15) is 17.2 Å². The van der Waals surface area contributed by atoms with Crippen molar-refractivity contribution in [2.45, 2.75) is 6.04 Å². The molecule has 2 N–H and O–H groups in total. The zero-order valence-corrected chi connectivity index (χ0v) is 17.3. The number of nitrogens with zero attached hydrogens (tertiary/aromatic N) is 2. The van der Waals surface area contributed by atoms with Gasteiger partial charge in [0.15, 0.2) is 0 Å². The molecule has 0 aliphatic carbocycles. The van der Waals surface area contributed by atoms with Gasteiger partial charge in [0, 0.05) is 12.7 Å². The predicted molar refractivity (Wildman–Crippen MR) is 117 cm³/mol. The summed E-state index contributed by atoms with van der Waals surface area (Å²) in [7, 11) is 5.58. The summed E-state index contributed by atoms with van der Waals surface area (Å²) in [6.45, 7) is 0.431. The molecule has 2 aromatic carbocycles. The van der Waals surface area contributed by atoms with Crippen molar-refractivity contribution in [1.29, 1.82) is 0 Å². The Morgan fingerprint density at radius 1 is 1.00 bits per heavy atom. The van der Waals surface area contributed by atoms with Crippen molar-refractivity contribution in [1.82, 2.24) is 15.2 Å². The Morgan fingerprint density at radius 2 is 1.73 bits per heavy atom. The van der Waals surface area contributed by atoms with E-state index in [1.54, 1.807) is 25.4 Å². The molecule has 7 nitrogen and oxygen atoms in total. The first-order valence-corrected chi connectivity index (χ1v) is 9.60. The van der Waals surface area contributed by atoms with E-state index in [-0.39, 0.29) is 12.1 Å². The fourth-order valence-electron chi connectivity index (χ4n) is 2.95. The molecule has 0 saturated heterocycles. The van der Waals surface area contributed by atoms with Gasteiger partial charge in [-0.25, -0.2) is 9.78 Å². The Bertz CT molecular complexity index is 946. The molecule has 0 aliphatic heterocycles. The number of anilines is 1. The number of carbonyl (C=O) groups is 1. The minimum atomic E-state index is -0.332. The van der Waals surface area contributed by atoms with Gasteiger partial charge >= 0.3 is 6.03 Å². The van der Waals surface area contributed by atoms with Crippen molar-refractivity contribution in [3.63, 3.8) is 0 Å². The number of rotatable bonds is 8. The number of ether oxygens (including phenoxy) is 2. The van der Waals surface area contributed by atoms with Gasteiger partial charge in [0.2, 0.25) is 5.88 Å². The summed E-state index contributed by atoms with van der Waals surface area (Å²) in [5.41, 5.74) is 1.57. The summed E-state index contributed by atoms with van der Waals surface area (Å²) in [5.74, 6) is 1.77. The van der Waals surface area contributed by atoms with Crippen molar-refractivity contribution < 1.29 is 14.3 Å². The van der Waals surface area contributed by atoms with E-state index in [1.807, 2.05) is 68.7 Å². The molecule has 0 spiro atoms. The quantitative estimate of drug-likeness (QED) is 0.583. The van der Waals surface area contributed by atoms with E-state index >= 15 is 0 Å². The zero-order chi connectivity index (χ0) is 21.3. The fourth-order valence-corrected chi connectivity index (χ4v) is 2.95. The van der Waals surface area contributed by atoms with Crippen LogP contribution in [0.15, 0.2) is 72.9 Å². The molecule has 0 bridgehead atoms. The minimum Gasteiger partial charge on any atom is -0.497 e. The standard InChI is InChI=1S/C23H26N4O3/c1-27(2)21(17-11-13-18(29-3)14-12-17)16-25-23(28)26-20-10-7-15-24-22(20)30-19-8-5-4-6-9-19/h4-15,21H,16H2,1-3H3,(H2,25,26,28)/t21-/m0/s1. The van der Waals surface area contributed by atoms with Crippen LogP contribution in [0.2, 0.25) is 0 Å². The smallest absolute Gasteiger partial charge is 0.319 e. The molecule has 7 heteroatoms. The number of pyridine rings is 1. The molecule has 30 heavy (non-hydrogen) atoms. The molecule has 2 amide bonds. The van der Waals surface area contributed by atoms with E-state index in [0.717, 1.165) is 11.3 Å². The lowest BCUT2D eigenvalue weighted by atomic mass is 10.1. The maximum absolute atomic E-state index is 12.5. The maximum Gasteiger partial charge on any atom is 0.319 e. The summed E-state index contributed by atoms with van der Waals surface area (Å²) in [6, 6.07) is 20.3. The molecule has 3 rings (SSSR count). The van der Waals surface area contributed by atoms with Crippen LogP contribution >= 0.6 is 0 Å². The van der Waals surface area contributed by atoms with Gasteiger partial charge in [-0.15, -0.1) is 0 Å². The van der Waals surface area contributed by atoms with Gasteiger partial charge in [-0.2, -0.15) is 0 Å². The van der Waals surface area contributed by atoms with Crippen LogP contribution in [0.1, 0.15) is 11.6 Å². The summed E-state index contributed by atoms with van der Waals surface area (Å²) >= 11 is 0. The summed E-state index contributed by atoms with van der Waals surface area (Å²) in [4.78, 5) is 18.8. The molecule has 0 aliphatic rings. The monoisotopic (exact) mass is 406 g/mol. The van der Waals surface area contributed by atoms with Crippen LogP contribution in [0.3, 0.4) is 0 Å². The molecule has 0 saturated carbocycles. The molecule has 3 aromatic rings. The molecule has 156 valence electrons. The Hall–Kier alpha value is -3.58. The first-order chi connectivity index (χ1) is 14.6. The molecule has 1 atom stereocenters. The average molecular weight is 406 g/mol. The molecule has 0 unspecified atom stereocenters. The van der Waals surface area contributed by atoms with Gasteiger partial charge in [0.25, 0.3) is 0 Å². The third-order valence-electron chi connectivity index (χ3n) is 4.56. The summed E-state index contributed by atoms with van der Waals surface area (Å²) < 4.78 is 11.0. The highest BCUT2D eigenvalue weighted by atomic mass is 16.5. The highest BCUT2D eigenvalue weighted by Crippen LogP contribution is 2.26. The van der Waals surface area contributed by atoms with E-state index in [4.69, 9.17) is 9.47 Å². The van der Waals surface area contributed by atoms with Crippen molar-refractivity contribution in [3.8, 4) is 17.4 Å². The molecular formula is C23H26N4O3. The fraction of sp³-hybridized carbons (Fsp3) is 0.217. The number of benzene rings is 2. The van der Waals surface area contributed by atoms with Crippen molar-refractivity contribution in [2.24, 2.45) is 0 Å². The lowest BCUT2D eigenvalue weighted by molar-refractivity contribution is 0.243. The van der Waals surface area contributed by atoms with E-state index in [0.29, 0.717) is 23.9 Å². The number of methoxy groups -OCH3 is 1. The molecule has 1 heterocycles. The Morgan fingerprint density at radius 3 is 2.40 bits per heavy atom. The third kappa shape index (κ3) is 5.71. The second kappa shape index (κ2) is 10.3. The lowest BCUT2D eigenvalue weighted by Crippen LogP contribution is -2.37. The number of hydrogen-bond donors (Lipinski definition) is 2. The average Bonchev–Trinajstić information content (AvgIpc) is 2.76. The van der Waals surface area contributed by atoms with Crippen LogP contribution < -0.4 is 20.1 Å². The SMILES string of the molecule is COc1ccc([C@H](CNC(=O)Nc2cccnc2Oc2ccccc2)N(C)C)cc1. The minimum absolute atomic E-state index is 0.00981. The van der Waals surface area contributed by atoms with Gasteiger partial charge in [0.05, 0.1) is 13.2 Å². The van der Waals surface area contributed by atoms with Crippen molar-refractivity contribution in [3.05, 3.63) is 78.5 Å². The largest absolute Gasteiger partial charge is 0.497 e. The summed E-state index contributed by atoms with van der Waals surface area (Å²) in [5, 5.41) is 5.74. The van der Waals surface area contributed by atoms with Crippen LogP contribution in [-0.4, -0.2) is 43.7 Å². The molecular weight excluding hydrogens is 380 g/mol. The number of aromatic nitrogens is 1. The first-order valence-electron chi connectivity index (χ1n) is 9.60. The van der Waals surface area contributed by atoms with E-state index in [9.17, 15) is 4.79 Å². The molecule has 0 radical (unpaired) electrons. The lowest BCUT2D eigenvalue weighted by Gasteiger charge is -2.25. The highest BCUT2D eigenvalue weighted by molar-refractivity contribution is 5.90. The number of likely N-dealkylation sites (N-methyl/N-ethyl adjacent to an activating group) is 1. The predicted octanol–water partition coefficient (Wildman–Crippen LogP) is 4.31. The van der Waals surface area contributed by atoms with E-state index in [1.165, 1.54) is 0 Å². The maximum atomic E-state index is 12.5. The zero-order valence-electron chi connectivity index (χ0n) is 17.3. The van der Waals surface area contributed by atoms with Gasteiger partial charge in [-0.1, -0.05) is 30.3 Å². The first kappa shape index (κ1) is 21.1. The molecule has 1 aromatic heterocycles. The number of amides is 2. The van der Waals surface area contributed by atoms with Gasteiger partial charge in [-0.3, -0.25) is 0 Å². The Balaban J connectivity index is 1.63. The Kier molecular flexibility index (Phi) is 7.24. The highest BCUT2D eigenvalue weighted by Gasteiger charge is 2.16. The van der Waals surface area contributed by atoms with Crippen molar-refractivity contribution in [2.75, 3.05) is 33.1 Å². The van der Waals surface area contributed by atoms with Crippen LogP contribution in [0.25, 0.3) is 0 Å². The second-order valence-corrected chi connectivity index (χ2v) is 6.86. The number of carbonyl (C=O) groups excluding carboxylic acids is 1. The Labute approximate surface area is 176 Å². The number of para-hydroxylation sites is 1. The van der Waals surface area contributed by atoms with Crippen molar-refractivity contribution >= 4 is 11.7 Å². The van der Waals surface area contributed by atoms with Gasteiger partial charge in [-0.05, 0) is 56.1 Å². The number of hydrogen-bond acceptors (Lipinski definition) is 5. The summed E-state index contributed by atoms with van der Waals surface area (Å²) in [6.07, 6.45) is 1.62. The van der Waals surface area contributed by atoms with Crippen LogP contribution in [0.5, 0.6) is 17.4 Å². The normalized spacial score (nSPS) is 11.6. The third-order valence-corrected chi connectivity index (χ3v) is 4.56. The number of urea groups is 1. The van der Waals surface area contributed by atoms with E-state index in [2.05, 4.69) is 20.5 Å². The van der Waals surface area contributed by atoms with Crippen LogP contribution in [0, 0.1) is 0 Å². The van der Waals surface area contributed by atoms with Crippen LogP contribution in [0.4, 0.5) is 10.5 Å². The second-order valence-electron chi connectivity index (χ2n) is 6.86. The van der Waals surface area contributed by atoms with Crippen LogP contribution in [-0.2, 0) is 0 Å². The number of nitrogens with one attached hydrogen (secondary N) is 2. The van der Waals surface area contributed by atoms with E-state index < -0.39 is 0 Å².